The van der Waals surface area contributed by atoms with Gasteiger partial charge in [-0.15, -0.1) is 24.0 Å². The summed E-state index contributed by atoms with van der Waals surface area (Å²) in [6, 6.07) is 14.0. The van der Waals surface area contributed by atoms with E-state index in [0.717, 1.165) is 11.5 Å². The lowest BCUT2D eigenvalue weighted by atomic mass is 10.2. The molecule has 2 aromatic carbocycles. The summed E-state index contributed by atoms with van der Waals surface area (Å²) >= 11 is 0. The van der Waals surface area contributed by atoms with Crippen molar-refractivity contribution in [3.05, 3.63) is 59.9 Å². The first kappa shape index (κ1) is 21.0. The molecule has 2 rings (SSSR count). The summed E-state index contributed by atoms with van der Waals surface area (Å²) < 4.78 is 24.3. The predicted octanol–water partition coefficient (Wildman–Crippen LogP) is 3.20. The third-order valence-electron chi connectivity index (χ3n) is 3.35. The number of rotatable bonds is 7. The molecule has 0 bridgehead atoms. The van der Waals surface area contributed by atoms with Crippen LogP contribution >= 0.6 is 24.0 Å². The summed E-state index contributed by atoms with van der Waals surface area (Å²) in [7, 11) is 3.29. The van der Waals surface area contributed by atoms with Crippen molar-refractivity contribution >= 4 is 29.9 Å². The van der Waals surface area contributed by atoms with Crippen molar-refractivity contribution in [3.8, 4) is 11.5 Å². The van der Waals surface area contributed by atoms with Crippen LogP contribution < -0.4 is 20.1 Å². The second-order valence-corrected chi connectivity index (χ2v) is 4.97. The van der Waals surface area contributed by atoms with E-state index in [9.17, 15) is 4.39 Å². The molecule has 0 aliphatic rings. The van der Waals surface area contributed by atoms with Gasteiger partial charge in [0.25, 0.3) is 0 Å². The Labute approximate surface area is 164 Å². The van der Waals surface area contributed by atoms with Crippen molar-refractivity contribution < 1.29 is 13.9 Å². The topological polar surface area (TPSA) is 54.9 Å². The third kappa shape index (κ3) is 7.16. The smallest absolute Gasteiger partial charge is 0.191 e. The normalized spacial score (nSPS) is 10.6. The van der Waals surface area contributed by atoms with E-state index in [-0.39, 0.29) is 29.8 Å². The molecule has 2 N–H and O–H groups in total. The van der Waals surface area contributed by atoms with Crippen molar-refractivity contribution in [1.29, 1.82) is 0 Å². The number of hydrogen-bond acceptors (Lipinski definition) is 3. The first-order chi connectivity index (χ1) is 11.7. The molecule has 0 aliphatic carbocycles. The Morgan fingerprint density at radius 1 is 1.04 bits per heavy atom. The van der Waals surface area contributed by atoms with Crippen LogP contribution in [0, 0.1) is 5.82 Å². The lowest BCUT2D eigenvalue weighted by molar-refractivity contribution is 0.321. The number of aliphatic imine (C=N–C) groups is 1. The van der Waals surface area contributed by atoms with Crippen molar-refractivity contribution in [2.24, 2.45) is 4.99 Å². The van der Waals surface area contributed by atoms with Gasteiger partial charge in [-0.05, 0) is 30.3 Å². The van der Waals surface area contributed by atoms with Crippen LogP contribution in [0.15, 0.2) is 53.5 Å². The quantitative estimate of drug-likeness (QED) is 0.289. The van der Waals surface area contributed by atoms with E-state index < -0.39 is 0 Å². The Hall–Kier alpha value is -2.03. The molecule has 0 amide bonds. The molecule has 0 aliphatic heterocycles. The Bertz CT molecular complexity index is 666. The van der Waals surface area contributed by atoms with Gasteiger partial charge in [0.1, 0.15) is 23.9 Å². The van der Waals surface area contributed by atoms with Gasteiger partial charge in [0, 0.05) is 19.2 Å². The van der Waals surface area contributed by atoms with Crippen LogP contribution in [0.2, 0.25) is 0 Å². The van der Waals surface area contributed by atoms with Gasteiger partial charge >= 0.3 is 0 Å². The van der Waals surface area contributed by atoms with Gasteiger partial charge in [0.2, 0.25) is 0 Å². The summed E-state index contributed by atoms with van der Waals surface area (Å²) in [6.07, 6.45) is 0. The van der Waals surface area contributed by atoms with Gasteiger partial charge in [0.15, 0.2) is 5.96 Å². The van der Waals surface area contributed by atoms with E-state index in [2.05, 4.69) is 15.6 Å². The average molecular weight is 459 g/mol. The molecule has 5 nitrogen and oxygen atoms in total. The van der Waals surface area contributed by atoms with Gasteiger partial charge < -0.3 is 20.1 Å². The Morgan fingerprint density at radius 3 is 2.36 bits per heavy atom. The number of nitrogens with one attached hydrogen (secondary N) is 2. The first-order valence-corrected chi connectivity index (χ1v) is 7.67. The molecule has 0 atom stereocenters. The van der Waals surface area contributed by atoms with Crippen LogP contribution in [0.3, 0.4) is 0 Å². The monoisotopic (exact) mass is 459 g/mol. The molecular weight excluding hydrogens is 436 g/mol. The number of methoxy groups -OCH3 is 1. The molecular formula is C18H23FIN3O2. The minimum Gasteiger partial charge on any atom is -0.497 e. The molecule has 0 radical (unpaired) electrons. The van der Waals surface area contributed by atoms with E-state index in [1.165, 1.54) is 6.07 Å². The zero-order valence-electron chi connectivity index (χ0n) is 14.3. The summed E-state index contributed by atoms with van der Waals surface area (Å²) in [5, 5.41) is 6.19. The van der Waals surface area contributed by atoms with E-state index in [1.807, 2.05) is 24.3 Å². The van der Waals surface area contributed by atoms with Gasteiger partial charge in [0.05, 0.1) is 13.7 Å². The standard InChI is InChI=1S/C18H22FN3O2.HI/c1-20-18(22-13-14-5-3-4-6-17(14)19)21-11-12-24-16-9-7-15(23-2)8-10-16;/h3-10H,11-13H2,1-2H3,(H2,20,21,22);1H. The highest BCUT2D eigenvalue weighted by Gasteiger charge is 2.02. The van der Waals surface area contributed by atoms with Crippen LogP contribution in [-0.4, -0.2) is 33.3 Å². The molecule has 2 aromatic rings. The summed E-state index contributed by atoms with van der Waals surface area (Å²) in [6.45, 7) is 1.42. The largest absolute Gasteiger partial charge is 0.497 e. The Balaban J connectivity index is 0.00000312. The van der Waals surface area contributed by atoms with Crippen molar-refractivity contribution in [1.82, 2.24) is 10.6 Å². The highest BCUT2D eigenvalue weighted by atomic mass is 127. The maximum atomic E-state index is 13.6. The van der Waals surface area contributed by atoms with Crippen LogP contribution in [0.1, 0.15) is 5.56 Å². The highest BCUT2D eigenvalue weighted by molar-refractivity contribution is 14.0. The maximum Gasteiger partial charge on any atom is 0.191 e. The van der Waals surface area contributed by atoms with Crippen molar-refractivity contribution in [2.45, 2.75) is 6.54 Å². The lowest BCUT2D eigenvalue weighted by Crippen LogP contribution is -2.39. The second-order valence-electron chi connectivity index (χ2n) is 4.97. The average Bonchev–Trinajstić information content (AvgIpc) is 2.63. The first-order valence-electron chi connectivity index (χ1n) is 7.67. The third-order valence-corrected chi connectivity index (χ3v) is 3.35. The van der Waals surface area contributed by atoms with E-state index in [1.54, 1.807) is 32.4 Å². The van der Waals surface area contributed by atoms with Crippen LogP contribution in [0.4, 0.5) is 4.39 Å². The Kier molecular flexibility index (Phi) is 9.68. The lowest BCUT2D eigenvalue weighted by Gasteiger charge is -2.13. The predicted molar refractivity (Wildman–Crippen MR) is 109 cm³/mol. The van der Waals surface area contributed by atoms with E-state index >= 15 is 0 Å². The second kappa shape index (κ2) is 11.5. The Morgan fingerprint density at radius 2 is 1.72 bits per heavy atom. The SMILES string of the molecule is CN=C(NCCOc1ccc(OC)cc1)NCc1ccccc1F.I. The zero-order chi connectivity index (χ0) is 17.2. The number of ether oxygens (including phenoxy) is 2. The fourth-order valence-electron chi connectivity index (χ4n) is 2.05. The van der Waals surface area contributed by atoms with Crippen molar-refractivity contribution in [3.63, 3.8) is 0 Å². The molecule has 7 heteroatoms. The summed E-state index contributed by atoms with van der Waals surface area (Å²) in [5.41, 5.74) is 0.593. The number of nitrogens with zero attached hydrogens (tertiary/aromatic N) is 1. The fourth-order valence-corrected chi connectivity index (χ4v) is 2.05. The zero-order valence-corrected chi connectivity index (χ0v) is 16.6. The number of benzene rings is 2. The molecule has 0 fully saturated rings. The molecule has 0 unspecified atom stereocenters. The molecule has 136 valence electrons. The van der Waals surface area contributed by atoms with Crippen LogP contribution in [0.5, 0.6) is 11.5 Å². The number of guanidine groups is 1. The van der Waals surface area contributed by atoms with E-state index in [0.29, 0.717) is 31.2 Å². The van der Waals surface area contributed by atoms with E-state index in [4.69, 9.17) is 9.47 Å². The molecule has 0 heterocycles. The molecule has 0 aromatic heterocycles. The summed E-state index contributed by atoms with van der Waals surface area (Å²) in [4.78, 5) is 4.10. The van der Waals surface area contributed by atoms with Crippen LogP contribution in [-0.2, 0) is 6.54 Å². The van der Waals surface area contributed by atoms with Gasteiger partial charge in [-0.25, -0.2) is 4.39 Å². The maximum absolute atomic E-state index is 13.6. The van der Waals surface area contributed by atoms with Crippen LogP contribution in [0.25, 0.3) is 0 Å². The molecule has 25 heavy (non-hydrogen) atoms. The molecule has 0 saturated carbocycles. The minimum absolute atomic E-state index is 0. The minimum atomic E-state index is -0.233. The number of halogens is 2. The fraction of sp³-hybridized carbons (Fsp3) is 0.278. The highest BCUT2D eigenvalue weighted by Crippen LogP contribution is 2.16. The van der Waals surface area contributed by atoms with Crippen molar-refractivity contribution in [2.75, 3.05) is 27.3 Å². The molecule has 0 spiro atoms. The van der Waals surface area contributed by atoms with Gasteiger partial charge in [-0.3, -0.25) is 4.99 Å². The van der Waals surface area contributed by atoms with Gasteiger partial charge in [-0.1, -0.05) is 18.2 Å². The summed E-state index contributed by atoms with van der Waals surface area (Å²) in [5.74, 6) is 1.92. The van der Waals surface area contributed by atoms with Gasteiger partial charge in [-0.2, -0.15) is 0 Å². The molecule has 0 saturated heterocycles. The number of hydrogen-bond donors (Lipinski definition) is 2.